The highest BCUT2D eigenvalue weighted by Gasteiger charge is 2.17. The van der Waals surface area contributed by atoms with E-state index >= 15 is 0 Å². The number of rotatable bonds is 3. The van der Waals surface area contributed by atoms with E-state index in [1.165, 1.54) is 16.2 Å². The van der Waals surface area contributed by atoms with Gasteiger partial charge in [-0.1, -0.05) is 6.07 Å². The van der Waals surface area contributed by atoms with Crippen molar-refractivity contribution in [3.05, 3.63) is 22.4 Å². The second kappa shape index (κ2) is 4.77. The summed E-state index contributed by atoms with van der Waals surface area (Å²) in [7, 11) is 3.40. The fourth-order valence-corrected chi connectivity index (χ4v) is 1.83. The van der Waals surface area contributed by atoms with Crippen LogP contribution in [0.5, 0.6) is 0 Å². The molecule has 0 saturated carbocycles. The summed E-state index contributed by atoms with van der Waals surface area (Å²) < 4.78 is 0. The Balaban J connectivity index is 2.67. The maximum Gasteiger partial charge on any atom is 0.223 e. The number of hydrogen-bond donors (Lipinski definition) is 0. The topological polar surface area (TPSA) is 44.1 Å². The Bertz CT molecular complexity index is 338. The average molecular weight is 208 g/mol. The number of carbonyl (C=O) groups excluding carboxylic acids is 1. The number of hydrogen-bond acceptors (Lipinski definition) is 3. The Morgan fingerprint density at radius 2 is 2.43 bits per heavy atom. The summed E-state index contributed by atoms with van der Waals surface area (Å²) in [6.07, 6.45) is 0.268. The van der Waals surface area contributed by atoms with Crippen LogP contribution >= 0.6 is 11.3 Å². The van der Waals surface area contributed by atoms with Crippen molar-refractivity contribution in [3.63, 3.8) is 0 Å². The van der Waals surface area contributed by atoms with Gasteiger partial charge < -0.3 is 4.90 Å². The van der Waals surface area contributed by atoms with Crippen LogP contribution in [0.3, 0.4) is 0 Å². The minimum absolute atomic E-state index is 0.00931. The van der Waals surface area contributed by atoms with Crippen LogP contribution in [0.25, 0.3) is 0 Å². The van der Waals surface area contributed by atoms with Gasteiger partial charge in [0.2, 0.25) is 5.91 Å². The lowest BCUT2D eigenvalue weighted by atomic mass is 10.1. The van der Waals surface area contributed by atoms with Crippen LogP contribution in [-0.2, 0) is 4.79 Å². The van der Waals surface area contributed by atoms with Gasteiger partial charge in [-0.05, 0) is 11.4 Å². The zero-order valence-electron chi connectivity index (χ0n) is 8.23. The predicted octanol–water partition coefficient (Wildman–Crippen LogP) is 1.83. The molecule has 0 radical (unpaired) electrons. The van der Waals surface area contributed by atoms with Crippen molar-refractivity contribution < 1.29 is 4.79 Å². The smallest absolute Gasteiger partial charge is 0.223 e. The summed E-state index contributed by atoms with van der Waals surface area (Å²) in [4.78, 5) is 13.9. The fraction of sp³-hybridized carbons (Fsp3) is 0.400. The number of nitriles is 1. The highest BCUT2D eigenvalue weighted by atomic mass is 32.1. The van der Waals surface area contributed by atoms with Gasteiger partial charge in [0, 0.05) is 25.4 Å². The Hall–Kier alpha value is -1.34. The van der Waals surface area contributed by atoms with Crippen LogP contribution in [0, 0.1) is 11.3 Å². The molecule has 0 saturated heterocycles. The second-order valence-corrected chi connectivity index (χ2v) is 4.17. The van der Waals surface area contributed by atoms with Crippen LogP contribution in [0.4, 0.5) is 0 Å². The first-order valence-corrected chi connectivity index (χ1v) is 5.16. The van der Waals surface area contributed by atoms with Crippen LogP contribution < -0.4 is 0 Å². The molecular weight excluding hydrogens is 196 g/mol. The molecule has 0 aliphatic rings. The van der Waals surface area contributed by atoms with Crippen LogP contribution in [0.15, 0.2) is 17.5 Å². The molecule has 0 N–H and O–H groups in total. The summed E-state index contributed by atoms with van der Waals surface area (Å²) in [5.41, 5.74) is 0. The molecule has 0 aliphatic heterocycles. The van der Waals surface area contributed by atoms with Crippen molar-refractivity contribution >= 4 is 17.2 Å². The number of thiophene rings is 1. The van der Waals surface area contributed by atoms with Gasteiger partial charge in [0.25, 0.3) is 0 Å². The first kappa shape index (κ1) is 10.7. The molecule has 1 aromatic heterocycles. The van der Waals surface area contributed by atoms with E-state index < -0.39 is 0 Å². The molecular formula is C10H12N2OS. The van der Waals surface area contributed by atoms with E-state index in [0.717, 1.165) is 4.88 Å². The molecule has 3 nitrogen and oxygen atoms in total. The minimum atomic E-state index is -0.301. The van der Waals surface area contributed by atoms with Gasteiger partial charge in [-0.2, -0.15) is 5.26 Å². The molecule has 1 atom stereocenters. The zero-order chi connectivity index (χ0) is 10.6. The van der Waals surface area contributed by atoms with E-state index in [9.17, 15) is 4.79 Å². The summed E-state index contributed by atoms with van der Waals surface area (Å²) in [5.74, 6) is -0.310. The minimum Gasteiger partial charge on any atom is -0.349 e. The van der Waals surface area contributed by atoms with Crippen LogP contribution in [0.1, 0.15) is 17.2 Å². The molecule has 0 fully saturated rings. The van der Waals surface area contributed by atoms with Gasteiger partial charge in [0.1, 0.15) is 0 Å². The molecule has 74 valence electrons. The maximum absolute atomic E-state index is 11.4. The molecule has 0 aliphatic carbocycles. The zero-order valence-corrected chi connectivity index (χ0v) is 9.04. The third-order valence-electron chi connectivity index (χ3n) is 1.92. The molecule has 1 unspecified atom stereocenters. The van der Waals surface area contributed by atoms with Crippen molar-refractivity contribution in [1.29, 1.82) is 5.26 Å². The molecule has 1 amide bonds. The number of nitrogens with zero attached hydrogens (tertiary/aromatic N) is 2. The average Bonchev–Trinajstić information content (AvgIpc) is 2.66. The Kier molecular flexibility index (Phi) is 3.66. The molecule has 0 aromatic carbocycles. The normalized spacial score (nSPS) is 11.8. The lowest BCUT2D eigenvalue weighted by Crippen LogP contribution is -2.23. The molecule has 4 heteroatoms. The van der Waals surface area contributed by atoms with Gasteiger partial charge in [-0.25, -0.2) is 0 Å². The van der Waals surface area contributed by atoms with Gasteiger partial charge in [0.15, 0.2) is 0 Å². The standard InChI is InChI=1S/C10H12N2OS/c1-12(2)10(13)6-8(7-11)9-4-3-5-14-9/h3-5,8H,6H2,1-2H3. The highest BCUT2D eigenvalue weighted by molar-refractivity contribution is 7.10. The Morgan fingerprint density at radius 3 is 2.86 bits per heavy atom. The van der Waals surface area contributed by atoms with E-state index in [-0.39, 0.29) is 18.2 Å². The van der Waals surface area contributed by atoms with Crippen molar-refractivity contribution in [1.82, 2.24) is 4.90 Å². The van der Waals surface area contributed by atoms with E-state index in [1.54, 1.807) is 14.1 Å². The lowest BCUT2D eigenvalue weighted by molar-refractivity contribution is -0.128. The monoisotopic (exact) mass is 208 g/mol. The lowest BCUT2D eigenvalue weighted by Gasteiger charge is -2.12. The summed E-state index contributed by atoms with van der Waals surface area (Å²) in [5, 5.41) is 10.8. The number of carbonyl (C=O) groups is 1. The van der Waals surface area contributed by atoms with E-state index in [2.05, 4.69) is 6.07 Å². The third kappa shape index (κ3) is 2.57. The van der Waals surface area contributed by atoms with Crippen molar-refractivity contribution in [2.45, 2.75) is 12.3 Å². The largest absolute Gasteiger partial charge is 0.349 e. The summed E-state index contributed by atoms with van der Waals surface area (Å²) >= 11 is 1.52. The van der Waals surface area contributed by atoms with Gasteiger partial charge in [-0.15, -0.1) is 11.3 Å². The van der Waals surface area contributed by atoms with Crippen LogP contribution in [-0.4, -0.2) is 24.9 Å². The molecule has 1 rings (SSSR count). The van der Waals surface area contributed by atoms with Crippen molar-refractivity contribution in [2.24, 2.45) is 0 Å². The molecule has 1 heterocycles. The molecule has 1 aromatic rings. The SMILES string of the molecule is CN(C)C(=O)CC(C#N)c1cccs1. The molecule has 0 spiro atoms. The van der Waals surface area contributed by atoms with Gasteiger partial charge in [-0.3, -0.25) is 4.79 Å². The van der Waals surface area contributed by atoms with Crippen LogP contribution in [0.2, 0.25) is 0 Å². The van der Waals surface area contributed by atoms with E-state index in [0.29, 0.717) is 0 Å². The highest BCUT2D eigenvalue weighted by Crippen LogP contribution is 2.23. The number of amides is 1. The van der Waals surface area contributed by atoms with Crippen molar-refractivity contribution in [2.75, 3.05) is 14.1 Å². The molecule has 0 bridgehead atoms. The predicted molar refractivity (Wildman–Crippen MR) is 56.0 cm³/mol. The summed E-state index contributed by atoms with van der Waals surface area (Å²) in [6, 6.07) is 5.94. The van der Waals surface area contributed by atoms with Crippen molar-refractivity contribution in [3.8, 4) is 6.07 Å². The summed E-state index contributed by atoms with van der Waals surface area (Å²) in [6.45, 7) is 0. The van der Waals surface area contributed by atoms with E-state index in [1.807, 2.05) is 17.5 Å². The van der Waals surface area contributed by atoms with E-state index in [4.69, 9.17) is 5.26 Å². The Labute approximate surface area is 87.6 Å². The second-order valence-electron chi connectivity index (χ2n) is 3.19. The molecule has 14 heavy (non-hydrogen) atoms. The third-order valence-corrected chi connectivity index (χ3v) is 2.91. The Morgan fingerprint density at radius 1 is 1.71 bits per heavy atom. The first-order valence-electron chi connectivity index (χ1n) is 4.28. The van der Waals surface area contributed by atoms with Gasteiger partial charge in [0.05, 0.1) is 12.0 Å². The first-order chi connectivity index (χ1) is 6.65. The van der Waals surface area contributed by atoms with Gasteiger partial charge >= 0.3 is 0 Å². The fourth-order valence-electron chi connectivity index (χ4n) is 1.06. The maximum atomic E-state index is 11.4. The quantitative estimate of drug-likeness (QED) is 0.760.